The summed E-state index contributed by atoms with van der Waals surface area (Å²) in [5, 5.41) is 0. The summed E-state index contributed by atoms with van der Waals surface area (Å²) in [5.41, 5.74) is 5.26. The molecule has 0 radical (unpaired) electrons. The quantitative estimate of drug-likeness (QED) is 0.900. The minimum Gasteiger partial charge on any atom is -0.334 e. The molecule has 0 spiro atoms. The second-order valence-corrected chi connectivity index (χ2v) is 5.50. The second-order valence-electron chi connectivity index (χ2n) is 5.50. The number of nitrogens with two attached hydrogens (primary N) is 1. The van der Waals surface area contributed by atoms with Gasteiger partial charge < -0.3 is 10.6 Å². The number of rotatable bonds is 2. The van der Waals surface area contributed by atoms with Gasteiger partial charge in [0.05, 0.1) is 5.56 Å². The van der Waals surface area contributed by atoms with Crippen molar-refractivity contribution in [1.29, 1.82) is 0 Å². The molecule has 1 aromatic carbocycles. The third-order valence-corrected chi connectivity index (χ3v) is 4.08. The number of halogens is 4. The molecule has 1 saturated heterocycles. The number of hydrogen-bond donors (Lipinski definition) is 1. The van der Waals surface area contributed by atoms with Gasteiger partial charge in [-0.15, -0.1) is 12.4 Å². The van der Waals surface area contributed by atoms with Crippen molar-refractivity contribution in [2.24, 2.45) is 11.7 Å². The smallest absolute Gasteiger partial charge is 0.334 e. The van der Waals surface area contributed by atoms with Gasteiger partial charge in [0.2, 0.25) is 0 Å². The highest BCUT2D eigenvalue weighted by Gasteiger charge is 2.33. The van der Waals surface area contributed by atoms with Crippen LogP contribution < -0.4 is 5.73 Å². The molecule has 22 heavy (non-hydrogen) atoms. The van der Waals surface area contributed by atoms with Crippen molar-refractivity contribution in [2.45, 2.75) is 32.0 Å². The Morgan fingerprint density at radius 3 is 2.41 bits per heavy atom. The Balaban J connectivity index is 0.00000242. The maximum atomic E-state index is 12.5. The molecule has 2 unspecified atom stereocenters. The Labute approximate surface area is 134 Å². The van der Waals surface area contributed by atoms with Crippen LogP contribution in [0.15, 0.2) is 24.3 Å². The Morgan fingerprint density at radius 1 is 1.32 bits per heavy atom. The fraction of sp³-hybridized carbons (Fsp3) is 0.533. The van der Waals surface area contributed by atoms with Crippen LogP contribution in [0.5, 0.6) is 0 Å². The first kappa shape index (κ1) is 18.8. The van der Waals surface area contributed by atoms with Crippen LogP contribution in [0.25, 0.3) is 0 Å². The molecule has 2 rings (SSSR count). The van der Waals surface area contributed by atoms with Crippen LogP contribution in [0.4, 0.5) is 13.2 Å². The molecule has 7 heteroatoms. The third-order valence-electron chi connectivity index (χ3n) is 4.08. The Bertz CT molecular complexity index is 505. The van der Waals surface area contributed by atoms with E-state index in [9.17, 15) is 18.0 Å². The molecule has 1 amide bonds. The molecule has 124 valence electrons. The first-order valence-electron chi connectivity index (χ1n) is 7.03. The minimum absolute atomic E-state index is 0. The van der Waals surface area contributed by atoms with Gasteiger partial charge in [-0.3, -0.25) is 4.79 Å². The fourth-order valence-electron chi connectivity index (χ4n) is 2.83. The SMILES string of the molecule is CC1CCCN(C(=O)c2ccc(C(F)(F)F)cc2)C1CN.Cl. The predicted molar refractivity (Wildman–Crippen MR) is 81.0 cm³/mol. The zero-order valence-electron chi connectivity index (χ0n) is 12.3. The molecule has 1 heterocycles. The van der Waals surface area contributed by atoms with Crippen LogP contribution in [0.2, 0.25) is 0 Å². The van der Waals surface area contributed by atoms with Gasteiger partial charge in [0.25, 0.3) is 5.91 Å². The van der Waals surface area contributed by atoms with Crippen molar-refractivity contribution < 1.29 is 18.0 Å². The van der Waals surface area contributed by atoms with E-state index in [2.05, 4.69) is 0 Å². The van der Waals surface area contributed by atoms with Crippen LogP contribution in [-0.4, -0.2) is 29.9 Å². The van der Waals surface area contributed by atoms with E-state index in [1.807, 2.05) is 6.92 Å². The van der Waals surface area contributed by atoms with E-state index >= 15 is 0 Å². The van der Waals surface area contributed by atoms with Gasteiger partial charge in [-0.1, -0.05) is 6.92 Å². The maximum absolute atomic E-state index is 12.5. The Kier molecular flexibility index (Phi) is 6.26. The van der Waals surface area contributed by atoms with Crippen molar-refractivity contribution in [1.82, 2.24) is 4.90 Å². The standard InChI is InChI=1S/C15H19F3N2O.ClH/c1-10-3-2-8-20(13(10)9-19)14(21)11-4-6-12(7-5-11)15(16,17)18;/h4-7,10,13H,2-3,8-9,19H2,1H3;1H. The largest absolute Gasteiger partial charge is 0.416 e. The zero-order chi connectivity index (χ0) is 15.6. The van der Waals surface area contributed by atoms with Gasteiger partial charge in [-0.2, -0.15) is 13.2 Å². The van der Waals surface area contributed by atoms with Gasteiger partial charge in [0.15, 0.2) is 0 Å². The highest BCUT2D eigenvalue weighted by Crippen LogP contribution is 2.30. The topological polar surface area (TPSA) is 46.3 Å². The van der Waals surface area contributed by atoms with E-state index in [4.69, 9.17) is 5.73 Å². The number of carbonyl (C=O) groups excluding carboxylic acids is 1. The molecule has 2 N–H and O–H groups in total. The molecule has 0 saturated carbocycles. The van der Waals surface area contributed by atoms with Crippen LogP contribution in [0.3, 0.4) is 0 Å². The van der Waals surface area contributed by atoms with E-state index in [0.29, 0.717) is 19.0 Å². The van der Waals surface area contributed by atoms with Gasteiger partial charge in [-0.05, 0) is 43.0 Å². The number of hydrogen-bond acceptors (Lipinski definition) is 2. The van der Waals surface area contributed by atoms with Crippen molar-refractivity contribution >= 4 is 18.3 Å². The highest BCUT2D eigenvalue weighted by atomic mass is 35.5. The third kappa shape index (κ3) is 3.93. The summed E-state index contributed by atoms with van der Waals surface area (Å²) < 4.78 is 37.6. The normalized spacial score (nSPS) is 22.1. The second kappa shape index (κ2) is 7.33. The number of amides is 1. The molecule has 0 aliphatic carbocycles. The first-order valence-corrected chi connectivity index (χ1v) is 7.03. The summed E-state index contributed by atoms with van der Waals surface area (Å²) in [5.74, 6) is 0.0628. The number of piperidine rings is 1. The molecule has 3 nitrogen and oxygen atoms in total. The summed E-state index contributed by atoms with van der Waals surface area (Å²) in [4.78, 5) is 14.2. The summed E-state index contributed by atoms with van der Waals surface area (Å²) >= 11 is 0. The van der Waals surface area contributed by atoms with Crippen LogP contribution in [0.1, 0.15) is 35.7 Å². The lowest BCUT2D eigenvalue weighted by atomic mass is 9.90. The number of likely N-dealkylation sites (tertiary alicyclic amines) is 1. The van der Waals surface area contributed by atoms with E-state index in [1.165, 1.54) is 12.1 Å². The zero-order valence-corrected chi connectivity index (χ0v) is 13.1. The Hall–Kier alpha value is -1.27. The van der Waals surface area contributed by atoms with E-state index in [1.54, 1.807) is 4.90 Å². The molecule has 2 atom stereocenters. The molecular formula is C15H20ClF3N2O. The maximum Gasteiger partial charge on any atom is 0.416 e. The fourth-order valence-corrected chi connectivity index (χ4v) is 2.83. The lowest BCUT2D eigenvalue weighted by molar-refractivity contribution is -0.137. The van der Waals surface area contributed by atoms with Gasteiger partial charge in [0, 0.05) is 24.7 Å². The number of nitrogens with zero attached hydrogens (tertiary/aromatic N) is 1. The number of carbonyl (C=O) groups is 1. The molecule has 1 aliphatic rings. The molecule has 1 fully saturated rings. The molecule has 0 bridgehead atoms. The predicted octanol–water partition coefficient (Wildman–Crippen LogP) is 3.33. The van der Waals surface area contributed by atoms with Crippen molar-refractivity contribution in [2.75, 3.05) is 13.1 Å². The van der Waals surface area contributed by atoms with Crippen LogP contribution in [-0.2, 0) is 6.18 Å². The number of alkyl halides is 3. The Morgan fingerprint density at radius 2 is 1.91 bits per heavy atom. The van der Waals surface area contributed by atoms with E-state index in [-0.39, 0.29) is 29.9 Å². The highest BCUT2D eigenvalue weighted by molar-refractivity contribution is 5.94. The molecule has 1 aliphatic heterocycles. The van der Waals surface area contributed by atoms with Crippen molar-refractivity contribution in [3.05, 3.63) is 35.4 Å². The van der Waals surface area contributed by atoms with E-state index in [0.717, 1.165) is 25.0 Å². The van der Waals surface area contributed by atoms with Gasteiger partial charge in [-0.25, -0.2) is 0 Å². The van der Waals surface area contributed by atoms with Crippen LogP contribution in [0, 0.1) is 5.92 Å². The van der Waals surface area contributed by atoms with Crippen molar-refractivity contribution in [3.63, 3.8) is 0 Å². The minimum atomic E-state index is -4.39. The summed E-state index contributed by atoms with van der Waals surface area (Å²) in [6.07, 6.45) is -2.48. The first-order chi connectivity index (χ1) is 9.84. The van der Waals surface area contributed by atoms with Gasteiger partial charge >= 0.3 is 6.18 Å². The molecular weight excluding hydrogens is 317 g/mol. The lowest BCUT2D eigenvalue weighted by Crippen LogP contribution is -2.51. The van der Waals surface area contributed by atoms with Gasteiger partial charge in [0.1, 0.15) is 0 Å². The monoisotopic (exact) mass is 336 g/mol. The van der Waals surface area contributed by atoms with E-state index < -0.39 is 11.7 Å². The molecule has 0 aromatic heterocycles. The molecule has 1 aromatic rings. The van der Waals surface area contributed by atoms with Crippen LogP contribution >= 0.6 is 12.4 Å². The van der Waals surface area contributed by atoms with Crippen molar-refractivity contribution in [3.8, 4) is 0 Å². The average molecular weight is 337 g/mol. The number of benzene rings is 1. The lowest BCUT2D eigenvalue weighted by Gasteiger charge is -2.39. The summed E-state index contributed by atoms with van der Waals surface area (Å²) in [6, 6.07) is 4.31. The summed E-state index contributed by atoms with van der Waals surface area (Å²) in [6.45, 7) is 3.02. The average Bonchev–Trinajstić information content (AvgIpc) is 2.45. The summed E-state index contributed by atoms with van der Waals surface area (Å²) in [7, 11) is 0.